The second-order valence-electron chi connectivity index (χ2n) is 6.70. The molecule has 1 rings (SSSR count). The second kappa shape index (κ2) is 7.81. The largest absolute Gasteiger partial charge is 0.390 e. The van der Waals surface area contributed by atoms with Gasteiger partial charge in [0.1, 0.15) is 0 Å². The average Bonchev–Trinajstić information content (AvgIpc) is 2.40. The molecule has 6 heteroatoms. The summed E-state index contributed by atoms with van der Waals surface area (Å²) in [4.78, 5) is 1.35. The summed E-state index contributed by atoms with van der Waals surface area (Å²) < 4.78 is 24.2. The minimum Gasteiger partial charge on any atom is -0.390 e. The fraction of sp³-hybridized carbons (Fsp3) is 0.625. The van der Waals surface area contributed by atoms with Gasteiger partial charge < -0.3 is 10.2 Å². The molecule has 0 aliphatic carbocycles. The molecule has 0 saturated carbocycles. The van der Waals surface area contributed by atoms with Gasteiger partial charge in [0.25, 0.3) is 0 Å². The van der Waals surface area contributed by atoms with E-state index in [4.69, 9.17) is 0 Å². The van der Waals surface area contributed by atoms with Crippen LogP contribution in [0.2, 0.25) is 0 Å². The fourth-order valence-corrected chi connectivity index (χ4v) is 4.38. The molecule has 0 heterocycles. The van der Waals surface area contributed by atoms with Crippen LogP contribution in [0.25, 0.3) is 0 Å². The van der Waals surface area contributed by atoms with Crippen molar-refractivity contribution >= 4 is 21.6 Å². The van der Waals surface area contributed by atoms with Gasteiger partial charge in [-0.2, -0.15) is 0 Å². The molecule has 0 fully saturated rings. The molecule has 0 aliphatic heterocycles. The third-order valence-electron chi connectivity index (χ3n) is 3.15. The molecule has 0 radical (unpaired) electrons. The van der Waals surface area contributed by atoms with Crippen molar-refractivity contribution in [3.63, 3.8) is 0 Å². The van der Waals surface area contributed by atoms with Crippen LogP contribution in [0.3, 0.4) is 0 Å². The number of benzene rings is 1. The summed E-state index contributed by atoms with van der Waals surface area (Å²) in [5.41, 5.74) is -1.65. The molecule has 2 unspecified atom stereocenters. The van der Waals surface area contributed by atoms with E-state index < -0.39 is 32.8 Å². The van der Waals surface area contributed by atoms with Crippen LogP contribution in [0.4, 0.5) is 0 Å². The lowest BCUT2D eigenvalue weighted by molar-refractivity contribution is 0.0769. The smallest absolute Gasteiger partial charge is 0.0600 e. The fourth-order valence-electron chi connectivity index (χ4n) is 1.66. The Balaban J connectivity index is 2.62. The SMILES string of the molecule is CC(C)(O)CCS(=O)c1ccc(S(=O)CCC(C)(C)O)cc1. The molecule has 1 aromatic rings. The molecule has 0 saturated heterocycles. The summed E-state index contributed by atoms with van der Waals surface area (Å²) in [5, 5.41) is 19.3. The first kappa shape index (κ1) is 19.5. The summed E-state index contributed by atoms with van der Waals surface area (Å²) in [5.74, 6) is 0.787. The summed E-state index contributed by atoms with van der Waals surface area (Å²) in [6.07, 6.45) is 0.914. The summed E-state index contributed by atoms with van der Waals surface area (Å²) in [6, 6.07) is 6.88. The molecule has 126 valence electrons. The topological polar surface area (TPSA) is 74.6 Å². The number of hydrogen-bond acceptors (Lipinski definition) is 4. The van der Waals surface area contributed by atoms with Crippen LogP contribution in [-0.4, -0.2) is 41.3 Å². The standard InChI is InChI=1S/C16H26O4S2/c1-15(2,17)9-11-21(19)13-5-7-14(8-6-13)22(20)12-10-16(3,4)18/h5-8,17-18H,9-12H2,1-4H3. The van der Waals surface area contributed by atoms with Crippen LogP contribution in [0, 0.1) is 0 Å². The van der Waals surface area contributed by atoms with E-state index in [2.05, 4.69) is 0 Å². The van der Waals surface area contributed by atoms with E-state index in [9.17, 15) is 18.6 Å². The number of hydrogen-bond donors (Lipinski definition) is 2. The molecule has 1 aromatic carbocycles. The van der Waals surface area contributed by atoms with Crippen molar-refractivity contribution in [2.75, 3.05) is 11.5 Å². The lowest BCUT2D eigenvalue weighted by Crippen LogP contribution is -2.21. The lowest BCUT2D eigenvalue weighted by atomic mass is 10.1. The van der Waals surface area contributed by atoms with Gasteiger partial charge in [-0.25, -0.2) is 0 Å². The van der Waals surface area contributed by atoms with Crippen molar-refractivity contribution in [3.8, 4) is 0 Å². The van der Waals surface area contributed by atoms with E-state index in [0.29, 0.717) is 34.1 Å². The normalized spacial score (nSPS) is 15.5. The first-order valence-electron chi connectivity index (χ1n) is 7.29. The van der Waals surface area contributed by atoms with Gasteiger partial charge in [0.2, 0.25) is 0 Å². The molecule has 2 N–H and O–H groups in total. The molecule has 0 amide bonds. The minimum atomic E-state index is -1.17. The van der Waals surface area contributed by atoms with Gasteiger partial charge in [-0.05, 0) is 64.8 Å². The highest BCUT2D eigenvalue weighted by Gasteiger charge is 2.17. The molecule has 0 spiro atoms. The summed E-state index contributed by atoms with van der Waals surface area (Å²) in [7, 11) is -2.34. The summed E-state index contributed by atoms with van der Waals surface area (Å²) in [6.45, 7) is 6.77. The third-order valence-corrected chi connectivity index (χ3v) is 5.89. The molecule has 4 nitrogen and oxygen atoms in total. The van der Waals surface area contributed by atoms with Crippen LogP contribution in [0.5, 0.6) is 0 Å². The third kappa shape index (κ3) is 7.63. The Kier molecular flexibility index (Phi) is 6.92. The zero-order chi connectivity index (χ0) is 17.0. The van der Waals surface area contributed by atoms with Gasteiger partial charge in [0, 0.05) is 21.3 Å². The Labute approximate surface area is 137 Å². The highest BCUT2D eigenvalue weighted by molar-refractivity contribution is 7.85. The van der Waals surface area contributed by atoms with Crippen molar-refractivity contribution in [1.82, 2.24) is 0 Å². The Bertz CT molecular complexity index is 476. The highest BCUT2D eigenvalue weighted by atomic mass is 32.2. The van der Waals surface area contributed by atoms with Gasteiger partial charge in [-0.15, -0.1) is 0 Å². The van der Waals surface area contributed by atoms with Gasteiger partial charge in [-0.3, -0.25) is 8.42 Å². The van der Waals surface area contributed by atoms with E-state index in [1.807, 2.05) is 0 Å². The van der Waals surface area contributed by atoms with Crippen LogP contribution >= 0.6 is 0 Å². The van der Waals surface area contributed by atoms with Crippen molar-refractivity contribution in [2.45, 2.75) is 61.5 Å². The first-order valence-corrected chi connectivity index (χ1v) is 9.93. The average molecular weight is 347 g/mol. The maximum absolute atomic E-state index is 12.1. The number of aliphatic hydroxyl groups is 2. The van der Waals surface area contributed by atoms with Crippen LogP contribution in [0.15, 0.2) is 34.1 Å². The summed E-state index contributed by atoms with van der Waals surface area (Å²) >= 11 is 0. The maximum Gasteiger partial charge on any atom is 0.0600 e. The predicted octanol–water partition coefficient (Wildman–Crippen LogP) is 2.22. The molecular weight excluding hydrogens is 320 g/mol. The monoisotopic (exact) mass is 346 g/mol. The Hall–Kier alpha value is -0.560. The van der Waals surface area contributed by atoms with E-state index >= 15 is 0 Å². The molecule has 2 atom stereocenters. The quantitative estimate of drug-likeness (QED) is 0.757. The number of rotatable bonds is 8. The van der Waals surface area contributed by atoms with E-state index in [1.165, 1.54) is 0 Å². The van der Waals surface area contributed by atoms with Gasteiger partial charge >= 0.3 is 0 Å². The van der Waals surface area contributed by atoms with Crippen molar-refractivity contribution < 1.29 is 18.6 Å². The molecular formula is C16H26O4S2. The zero-order valence-electron chi connectivity index (χ0n) is 13.7. The first-order chi connectivity index (χ1) is 9.98. The van der Waals surface area contributed by atoms with E-state index in [-0.39, 0.29) is 0 Å². The predicted molar refractivity (Wildman–Crippen MR) is 90.8 cm³/mol. The lowest BCUT2D eigenvalue weighted by Gasteiger charge is -2.16. The Morgan fingerprint density at radius 1 is 0.773 bits per heavy atom. The Morgan fingerprint density at radius 2 is 1.05 bits per heavy atom. The van der Waals surface area contributed by atoms with Crippen molar-refractivity contribution in [3.05, 3.63) is 24.3 Å². The van der Waals surface area contributed by atoms with E-state index in [1.54, 1.807) is 52.0 Å². The molecule has 0 aliphatic rings. The van der Waals surface area contributed by atoms with Crippen molar-refractivity contribution in [2.24, 2.45) is 0 Å². The molecule has 22 heavy (non-hydrogen) atoms. The Morgan fingerprint density at radius 3 is 1.27 bits per heavy atom. The van der Waals surface area contributed by atoms with Gasteiger partial charge in [0.15, 0.2) is 0 Å². The maximum atomic E-state index is 12.1. The molecule has 0 aromatic heterocycles. The van der Waals surface area contributed by atoms with Crippen LogP contribution in [-0.2, 0) is 21.6 Å². The van der Waals surface area contributed by atoms with Crippen LogP contribution in [0.1, 0.15) is 40.5 Å². The minimum absolute atomic E-state index is 0.393. The van der Waals surface area contributed by atoms with Gasteiger partial charge in [0.05, 0.1) is 32.8 Å². The van der Waals surface area contributed by atoms with Gasteiger partial charge in [-0.1, -0.05) is 0 Å². The molecule has 0 bridgehead atoms. The van der Waals surface area contributed by atoms with Crippen molar-refractivity contribution in [1.29, 1.82) is 0 Å². The van der Waals surface area contributed by atoms with Crippen LogP contribution < -0.4 is 0 Å². The highest BCUT2D eigenvalue weighted by Crippen LogP contribution is 2.17. The second-order valence-corrected chi connectivity index (χ2v) is 9.84. The van der Waals surface area contributed by atoms with E-state index in [0.717, 1.165) is 0 Å². The zero-order valence-corrected chi connectivity index (χ0v) is 15.3.